The molecule has 0 radical (unpaired) electrons. The monoisotopic (exact) mass is 520 g/mol. The van der Waals surface area contributed by atoms with Crippen LogP contribution in [0.4, 0.5) is 11.6 Å². The average Bonchev–Trinajstić information content (AvgIpc) is 3.36. The van der Waals surface area contributed by atoms with Gasteiger partial charge in [-0.25, -0.2) is 9.13 Å². The second kappa shape index (κ2) is 12.7. The Morgan fingerprint density at radius 3 is 1.18 bits per heavy atom. The van der Waals surface area contributed by atoms with E-state index in [1.807, 2.05) is 66.0 Å². The summed E-state index contributed by atoms with van der Waals surface area (Å²) in [5.41, 5.74) is 6.22. The largest absolute Gasteiger partial charge is 0.421 e. The molecular weight excluding hydrogens is 487 g/mol. The predicted octanol–water partition coefficient (Wildman–Crippen LogP) is 5.33. The maximum Gasteiger partial charge on any atom is 0.421 e. The quantitative estimate of drug-likeness (QED) is 0.162. The maximum atomic E-state index is 4.19. The molecule has 0 bridgehead atoms. The lowest BCUT2D eigenvalue weighted by atomic mass is 9.13. The molecule has 1 heterocycles. The molecule has 0 N–H and O–H groups in total. The molecule has 1 aromatic heterocycles. The van der Waals surface area contributed by atoms with E-state index in [0.29, 0.717) is 0 Å². The number of nitrogens with zero attached hydrogens (tertiary/aromatic N) is 4. The zero-order valence-corrected chi connectivity index (χ0v) is 23.0. The Bertz CT molecular complexity index is 1450. The van der Waals surface area contributed by atoms with Gasteiger partial charge in [-0.3, -0.25) is 0 Å². The van der Waals surface area contributed by atoms with Crippen LogP contribution in [0.3, 0.4) is 0 Å². The van der Waals surface area contributed by atoms with E-state index in [2.05, 4.69) is 132 Å². The molecule has 4 nitrogen and oxygen atoms in total. The first-order valence-electron chi connectivity index (χ1n) is 13.5. The number of benzene rings is 5. The summed E-state index contributed by atoms with van der Waals surface area (Å²) in [7, 11) is 3.89. The minimum Gasteiger partial charge on any atom is -0.233 e. The van der Waals surface area contributed by atoms with E-state index >= 15 is 0 Å². The third-order valence-electron chi connectivity index (χ3n) is 7.35. The van der Waals surface area contributed by atoms with Crippen molar-refractivity contribution in [3.63, 3.8) is 0 Å². The molecule has 0 saturated carbocycles. The number of azo groups is 1. The van der Waals surface area contributed by atoms with Gasteiger partial charge in [0.2, 0.25) is 0 Å². The Kier molecular flexibility index (Phi) is 8.43. The Morgan fingerprint density at radius 1 is 0.500 bits per heavy atom. The highest BCUT2D eigenvalue weighted by Crippen LogP contribution is 2.14. The molecule has 0 unspecified atom stereocenters. The number of aromatic nitrogens is 2. The van der Waals surface area contributed by atoms with Crippen LogP contribution in [0, 0.1) is 0 Å². The van der Waals surface area contributed by atoms with Crippen LogP contribution in [-0.2, 0) is 14.1 Å². The minimum atomic E-state index is -1.22. The summed E-state index contributed by atoms with van der Waals surface area (Å²) in [5.74, 6) is 0.818. The molecule has 0 aliphatic carbocycles. The van der Waals surface area contributed by atoms with E-state index in [4.69, 9.17) is 0 Å². The lowest BCUT2D eigenvalue weighted by Crippen LogP contribution is -2.74. The van der Waals surface area contributed by atoms with Crippen LogP contribution in [0.1, 0.15) is 0 Å². The SMILES string of the molecule is Cn1cc[n+](C)c1N=Nc1ccccc1.c1ccc([B-](c2ccccc2)(c2ccccc2)c2ccccc2)cc1. The summed E-state index contributed by atoms with van der Waals surface area (Å²) < 4.78 is 3.85. The summed E-state index contributed by atoms with van der Waals surface area (Å²) in [6, 6.07) is 53.2. The molecule has 0 atom stereocenters. The van der Waals surface area contributed by atoms with Crippen molar-refractivity contribution in [2.24, 2.45) is 24.3 Å². The second-order valence-electron chi connectivity index (χ2n) is 9.86. The van der Waals surface area contributed by atoms with E-state index in [0.717, 1.165) is 11.6 Å². The molecule has 0 amide bonds. The van der Waals surface area contributed by atoms with Crippen molar-refractivity contribution in [3.05, 3.63) is 164 Å². The topological polar surface area (TPSA) is 33.5 Å². The summed E-state index contributed by atoms with van der Waals surface area (Å²) in [6.07, 6.45) is 2.67. The van der Waals surface area contributed by atoms with Crippen LogP contribution < -0.4 is 26.4 Å². The predicted molar refractivity (Wildman–Crippen MR) is 167 cm³/mol. The van der Waals surface area contributed by atoms with Crippen LogP contribution in [0.25, 0.3) is 0 Å². The minimum absolute atomic E-state index is 0.818. The van der Waals surface area contributed by atoms with Crippen molar-refractivity contribution in [2.75, 3.05) is 0 Å². The van der Waals surface area contributed by atoms with Crippen LogP contribution in [0.2, 0.25) is 0 Å². The summed E-state index contributed by atoms with van der Waals surface area (Å²) >= 11 is 0. The van der Waals surface area contributed by atoms with Gasteiger partial charge >= 0.3 is 5.95 Å². The molecule has 6 rings (SSSR count). The van der Waals surface area contributed by atoms with Gasteiger partial charge in [-0.2, -0.15) is 21.9 Å². The molecule has 196 valence electrons. The molecule has 6 aromatic rings. The average molecular weight is 520 g/mol. The zero-order chi connectivity index (χ0) is 27.6. The first-order valence-corrected chi connectivity index (χ1v) is 13.5. The maximum absolute atomic E-state index is 4.19. The molecule has 0 aliphatic heterocycles. The number of imidazole rings is 1. The lowest BCUT2D eigenvalue weighted by Gasteiger charge is -2.44. The number of hydrogen-bond donors (Lipinski definition) is 0. The summed E-state index contributed by atoms with van der Waals surface area (Å²) in [4.78, 5) is 0. The van der Waals surface area contributed by atoms with Gasteiger partial charge in [-0.1, -0.05) is 145 Å². The Labute approximate surface area is 236 Å². The van der Waals surface area contributed by atoms with E-state index < -0.39 is 6.15 Å². The van der Waals surface area contributed by atoms with Gasteiger partial charge in [0.1, 0.15) is 11.8 Å². The van der Waals surface area contributed by atoms with Crippen molar-refractivity contribution in [1.29, 1.82) is 0 Å². The second-order valence-corrected chi connectivity index (χ2v) is 9.86. The summed E-state index contributed by atoms with van der Waals surface area (Å²) in [6.45, 7) is 0. The Hall–Kier alpha value is -5.03. The van der Waals surface area contributed by atoms with E-state index in [-0.39, 0.29) is 0 Å². The van der Waals surface area contributed by atoms with Crippen LogP contribution in [-0.4, -0.2) is 10.7 Å². The molecule has 0 fully saturated rings. The van der Waals surface area contributed by atoms with E-state index in [9.17, 15) is 0 Å². The lowest BCUT2D eigenvalue weighted by molar-refractivity contribution is -0.657. The highest BCUT2D eigenvalue weighted by Gasteiger charge is 2.31. The van der Waals surface area contributed by atoms with Crippen molar-refractivity contribution >= 4 is 39.6 Å². The molecule has 5 aromatic carbocycles. The van der Waals surface area contributed by atoms with Crippen molar-refractivity contribution < 1.29 is 4.57 Å². The van der Waals surface area contributed by atoms with Crippen LogP contribution >= 0.6 is 0 Å². The van der Waals surface area contributed by atoms with Gasteiger partial charge in [0.25, 0.3) is 0 Å². The number of rotatable bonds is 6. The molecular formula is C35H33BN4. The van der Waals surface area contributed by atoms with Gasteiger partial charge in [-0.05, 0) is 12.1 Å². The highest BCUT2D eigenvalue weighted by molar-refractivity contribution is 7.19. The molecule has 0 spiro atoms. The van der Waals surface area contributed by atoms with Crippen molar-refractivity contribution in [1.82, 2.24) is 4.57 Å². The smallest absolute Gasteiger partial charge is 0.233 e. The van der Waals surface area contributed by atoms with E-state index in [1.54, 1.807) is 0 Å². The fraction of sp³-hybridized carbons (Fsp3) is 0.0571. The molecule has 40 heavy (non-hydrogen) atoms. The fourth-order valence-corrected chi connectivity index (χ4v) is 5.44. The van der Waals surface area contributed by atoms with Gasteiger partial charge in [0.05, 0.1) is 26.5 Å². The van der Waals surface area contributed by atoms with Crippen LogP contribution in [0.15, 0.2) is 174 Å². The Balaban J connectivity index is 0.000000184. The highest BCUT2D eigenvalue weighted by atomic mass is 15.3. The first kappa shape index (κ1) is 26.6. The summed E-state index contributed by atoms with van der Waals surface area (Å²) in [5, 5.41) is 8.34. The van der Waals surface area contributed by atoms with Crippen LogP contribution in [0.5, 0.6) is 0 Å². The van der Waals surface area contributed by atoms with Crippen molar-refractivity contribution in [3.8, 4) is 0 Å². The molecule has 0 saturated heterocycles. The third kappa shape index (κ3) is 5.69. The first-order chi connectivity index (χ1) is 19.7. The van der Waals surface area contributed by atoms with Crippen molar-refractivity contribution in [2.45, 2.75) is 0 Å². The Morgan fingerprint density at radius 2 is 0.850 bits per heavy atom. The fourth-order valence-electron chi connectivity index (χ4n) is 5.44. The standard InChI is InChI=1S/C24H20B.C11H13N4/c1-5-13-21(14-6-1)25(22-15-7-2-8-16-22,23-17-9-3-10-18-23)24-19-11-4-12-20-24;1-14-8-9-15(2)11(14)13-12-10-6-4-3-5-7-10/h1-20H;3-9H,1-2H3/q-1;+1. The van der Waals surface area contributed by atoms with Gasteiger partial charge in [0, 0.05) is 5.11 Å². The normalized spacial score (nSPS) is 11.2. The van der Waals surface area contributed by atoms with Gasteiger partial charge in [0.15, 0.2) is 0 Å². The van der Waals surface area contributed by atoms with Gasteiger partial charge in [-0.15, -0.1) is 0 Å². The van der Waals surface area contributed by atoms with E-state index in [1.165, 1.54) is 21.9 Å². The molecule has 5 heteroatoms. The molecule has 0 aliphatic rings. The van der Waals surface area contributed by atoms with Gasteiger partial charge < -0.3 is 0 Å². The zero-order valence-electron chi connectivity index (χ0n) is 23.0. The third-order valence-corrected chi connectivity index (χ3v) is 7.35. The number of hydrogen-bond acceptors (Lipinski definition) is 2. The number of aryl methyl sites for hydroxylation is 2.